The van der Waals surface area contributed by atoms with Gasteiger partial charge in [-0.1, -0.05) is 22.0 Å². The van der Waals surface area contributed by atoms with Gasteiger partial charge in [0.05, 0.1) is 25.5 Å². The van der Waals surface area contributed by atoms with Gasteiger partial charge in [0.15, 0.2) is 0 Å². The molecule has 0 N–H and O–H groups in total. The topological polar surface area (TPSA) is 55.8 Å². The van der Waals surface area contributed by atoms with Crippen molar-refractivity contribution in [3.63, 3.8) is 0 Å². The van der Waals surface area contributed by atoms with Gasteiger partial charge in [0.1, 0.15) is 5.70 Å². The first kappa shape index (κ1) is 17.5. The Morgan fingerprint density at radius 3 is 2.35 bits per heavy atom. The van der Waals surface area contributed by atoms with Crippen LogP contribution in [0.4, 0.5) is 5.69 Å². The van der Waals surface area contributed by atoms with E-state index in [1.807, 2.05) is 18.2 Å². The Hall–Kier alpha value is -1.86. The molecule has 1 aromatic rings. The molecule has 0 aromatic heterocycles. The Morgan fingerprint density at radius 1 is 1.04 bits per heavy atom. The first-order valence-corrected chi connectivity index (χ1v) is 8.08. The lowest BCUT2D eigenvalue weighted by molar-refractivity contribution is -0.139. The Bertz CT molecular complexity index is 738. The van der Waals surface area contributed by atoms with Gasteiger partial charge in [0.2, 0.25) is 0 Å². The highest BCUT2D eigenvalue weighted by Gasteiger charge is 2.28. The Kier molecular flexibility index (Phi) is 5.79. The monoisotopic (exact) mass is 441 g/mol. The van der Waals surface area contributed by atoms with Crippen LogP contribution in [0.5, 0.6) is 0 Å². The fourth-order valence-corrected chi connectivity index (χ4v) is 3.27. The van der Waals surface area contributed by atoms with E-state index >= 15 is 0 Å². The smallest absolute Gasteiger partial charge is 0.355 e. The second-order valence-electron chi connectivity index (χ2n) is 4.41. The van der Waals surface area contributed by atoms with Gasteiger partial charge in [-0.15, -0.1) is 0 Å². The highest BCUT2D eigenvalue weighted by molar-refractivity contribution is 9.11. The van der Waals surface area contributed by atoms with Crippen LogP contribution in [0.1, 0.15) is 0 Å². The lowest BCUT2D eigenvalue weighted by Crippen LogP contribution is -2.27. The molecule has 0 spiro atoms. The van der Waals surface area contributed by atoms with Crippen LogP contribution in [0.3, 0.4) is 0 Å². The maximum absolute atomic E-state index is 12.3. The third-order valence-electron chi connectivity index (χ3n) is 3.06. The molecule has 0 aliphatic carbocycles. The van der Waals surface area contributed by atoms with E-state index in [2.05, 4.69) is 31.9 Å². The molecule has 0 saturated carbocycles. The zero-order valence-electron chi connectivity index (χ0n) is 12.4. The summed E-state index contributed by atoms with van der Waals surface area (Å²) in [7, 11) is 2.52. The second-order valence-corrected chi connectivity index (χ2v) is 6.18. The molecule has 0 fully saturated rings. The molecule has 0 unspecified atom stereocenters. The number of carbonyl (C=O) groups excluding carboxylic acids is 2. The molecule has 0 atom stereocenters. The number of esters is 2. The molecule has 7 heteroatoms. The Balaban J connectivity index is 2.68. The van der Waals surface area contributed by atoms with Gasteiger partial charge < -0.3 is 14.4 Å². The number of rotatable bonds is 3. The standard InChI is InChI=1S/C16H13Br2NO4/c1-22-15(20)11-5-3-4-8-19(14(11)16(21)23-2)13-7-6-10(17)9-12(13)18/h3-9H,1-2H3. The molecule has 1 heterocycles. The minimum Gasteiger partial charge on any atom is -0.465 e. The van der Waals surface area contributed by atoms with Crippen LogP contribution in [-0.4, -0.2) is 26.2 Å². The lowest BCUT2D eigenvalue weighted by atomic mass is 10.1. The van der Waals surface area contributed by atoms with Crippen LogP contribution in [0.15, 0.2) is 62.8 Å². The molecule has 2 rings (SSSR count). The third-order valence-corrected chi connectivity index (χ3v) is 4.19. The van der Waals surface area contributed by atoms with E-state index < -0.39 is 11.9 Å². The fourth-order valence-electron chi connectivity index (χ4n) is 2.03. The van der Waals surface area contributed by atoms with Crippen LogP contribution < -0.4 is 4.90 Å². The zero-order chi connectivity index (χ0) is 17.0. The lowest BCUT2D eigenvalue weighted by Gasteiger charge is -2.24. The van der Waals surface area contributed by atoms with Crippen molar-refractivity contribution in [2.24, 2.45) is 0 Å². The fraction of sp³-hybridized carbons (Fsp3) is 0.125. The Morgan fingerprint density at radius 2 is 1.74 bits per heavy atom. The summed E-state index contributed by atoms with van der Waals surface area (Å²) in [5.41, 5.74) is 0.862. The van der Waals surface area contributed by atoms with Crippen molar-refractivity contribution in [1.82, 2.24) is 0 Å². The average Bonchev–Trinajstić information content (AvgIpc) is 2.76. The maximum Gasteiger partial charge on any atom is 0.355 e. The van der Waals surface area contributed by atoms with E-state index in [0.717, 1.165) is 8.95 Å². The quantitative estimate of drug-likeness (QED) is 0.668. The van der Waals surface area contributed by atoms with Crippen LogP contribution in [0.2, 0.25) is 0 Å². The van der Waals surface area contributed by atoms with Crippen LogP contribution in [-0.2, 0) is 19.1 Å². The summed E-state index contributed by atoms with van der Waals surface area (Å²) in [6.07, 6.45) is 6.56. The van der Waals surface area contributed by atoms with Crippen molar-refractivity contribution < 1.29 is 19.1 Å². The molecule has 1 aromatic carbocycles. The van der Waals surface area contributed by atoms with Crippen molar-refractivity contribution in [3.05, 3.63) is 62.8 Å². The molecule has 0 amide bonds. The minimum absolute atomic E-state index is 0.0763. The summed E-state index contributed by atoms with van der Waals surface area (Å²) in [5, 5.41) is 0. The molecule has 23 heavy (non-hydrogen) atoms. The van der Waals surface area contributed by atoms with Gasteiger partial charge in [0.25, 0.3) is 0 Å². The van der Waals surface area contributed by atoms with Gasteiger partial charge in [-0.2, -0.15) is 0 Å². The number of benzene rings is 1. The normalized spacial score (nSPS) is 13.8. The molecule has 1 aliphatic rings. The van der Waals surface area contributed by atoms with Crippen molar-refractivity contribution >= 4 is 49.5 Å². The Labute approximate surface area is 150 Å². The number of carbonyl (C=O) groups is 2. The molecule has 0 saturated heterocycles. The molecular formula is C16H13Br2NO4. The summed E-state index contributed by atoms with van der Waals surface area (Å²) in [6, 6.07) is 5.48. The highest BCUT2D eigenvalue weighted by Crippen LogP contribution is 2.34. The summed E-state index contributed by atoms with van der Waals surface area (Å²) >= 11 is 6.85. The summed E-state index contributed by atoms with van der Waals surface area (Å²) in [5.74, 6) is -1.26. The highest BCUT2D eigenvalue weighted by atomic mass is 79.9. The number of ether oxygens (including phenoxy) is 2. The van der Waals surface area contributed by atoms with Crippen molar-refractivity contribution in [3.8, 4) is 0 Å². The summed E-state index contributed by atoms with van der Waals surface area (Å²) in [4.78, 5) is 25.9. The molecule has 0 bridgehead atoms. The molecule has 120 valence electrons. The van der Waals surface area contributed by atoms with Crippen LogP contribution >= 0.6 is 31.9 Å². The van der Waals surface area contributed by atoms with E-state index in [1.165, 1.54) is 20.3 Å². The van der Waals surface area contributed by atoms with E-state index in [4.69, 9.17) is 9.47 Å². The van der Waals surface area contributed by atoms with Crippen molar-refractivity contribution in [1.29, 1.82) is 0 Å². The predicted octanol–water partition coefficient (Wildman–Crippen LogP) is 3.70. The average molecular weight is 443 g/mol. The van der Waals surface area contributed by atoms with Gasteiger partial charge in [-0.25, -0.2) is 9.59 Å². The molecular weight excluding hydrogens is 430 g/mol. The van der Waals surface area contributed by atoms with Crippen LogP contribution in [0, 0.1) is 0 Å². The molecule has 5 nitrogen and oxygen atoms in total. The van der Waals surface area contributed by atoms with Gasteiger partial charge >= 0.3 is 11.9 Å². The first-order valence-electron chi connectivity index (χ1n) is 6.49. The minimum atomic E-state index is -0.642. The first-order chi connectivity index (χ1) is 11.0. The van der Waals surface area contributed by atoms with Gasteiger partial charge in [0, 0.05) is 15.1 Å². The summed E-state index contributed by atoms with van der Waals surface area (Å²) in [6.45, 7) is 0. The second kappa shape index (κ2) is 7.61. The summed E-state index contributed by atoms with van der Waals surface area (Å²) < 4.78 is 11.2. The molecule has 0 radical (unpaired) electrons. The number of methoxy groups -OCH3 is 2. The van der Waals surface area contributed by atoms with Crippen molar-refractivity contribution in [2.45, 2.75) is 0 Å². The number of anilines is 1. The van der Waals surface area contributed by atoms with Crippen LogP contribution in [0.25, 0.3) is 0 Å². The van der Waals surface area contributed by atoms with E-state index in [9.17, 15) is 9.59 Å². The maximum atomic E-state index is 12.3. The van der Waals surface area contributed by atoms with Gasteiger partial charge in [-0.05, 0) is 46.3 Å². The number of hydrogen-bond acceptors (Lipinski definition) is 5. The van der Waals surface area contributed by atoms with E-state index in [-0.39, 0.29) is 11.3 Å². The SMILES string of the molecule is COC(=O)C1=C(C(=O)OC)N(c2ccc(Br)cc2Br)C=CC=C1. The number of halogens is 2. The molecule has 1 aliphatic heterocycles. The van der Waals surface area contributed by atoms with E-state index in [0.29, 0.717) is 5.69 Å². The number of nitrogens with zero attached hydrogens (tertiary/aromatic N) is 1. The number of hydrogen-bond donors (Lipinski definition) is 0. The van der Waals surface area contributed by atoms with Gasteiger partial charge in [-0.3, -0.25) is 0 Å². The number of allylic oxidation sites excluding steroid dienone is 2. The zero-order valence-corrected chi connectivity index (χ0v) is 15.5. The van der Waals surface area contributed by atoms with E-state index in [1.54, 1.807) is 23.3 Å². The van der Waals surface area contributed by atoms with Crippen molar-refractivity contribution in [2.75, 3.05) is 19.1 Å². The third kappa shape index (κ3) is 3.73. The largest absolute Gasteiger partial charge is 0.465 e. The predicted molar refractivity (Wildman–Crippen MR) is 93.7 cm³/mol.